The number of carbonyl (C=O) groups is 1. The number of amides is 1. The number of benzene rings is 2. The van der Waals surface area contributed by atoms with Gasteiger partial charge in [0.05, 0.1) is 5.02 Å². The van der Waals surface area contributed by atoms with E-state index in [0.717, 1.165) is 5.56 Å². The van der Waals surface area contributed by atoms with E-state index in [1.54, 1.807) is 31.2 Å². The standard InChI is InChI=1S/C17H14ClN3O3/c1-11(23-14-10-6-5-9-13(14)18)17(22)19-16-15(20-24-21-16)12-7-3-2-4-8-12/h2-11H,1H3,(H,19,21,22)/t11-/m0/s1. The molecule has 0 aliphatic carbocycles. The monoisotopic (exact) mass is 343 g/mol. The normalized spacial score (nSPS) is 11.8. The lowest BCUT2D eigenvalue weighted by Gasteiger charge is -2.14. The maximum absolute atomic E-state index is 12.3. The van der Waals surface area contributed by atoms with Crippen LogP contribution in [0, 0.1) is 0 Å². The van der Waals surface area contributed by atoms with Crippen LogP contribution in [0.2, 0.25) is 5.02 Å². The molecule has 1 N–H and O–H groups in total. The number of anilines is 1. The second kappa shape index (κ2) is 7.14. The molecular formula is C17H14ClN3O3. The number of nitrogens with zero attached hydrogens (tertiary/aromatic N) is 2. The molecule has 1 aromatic heterocycles. The Kier molecular flexibility index (Phi) is 4.77. The summed E-state index contributed by atoms with van der Waals surface area (Å²) in [6.45, 7) is 1.62. The molecule has 0 saturated carbocycles. The fourth-order valence-electron chi connectivity index (χ4n) is 2.06. The number of para-hydroxylation sites is 1. The largest absolute Gasteiger partial charge is 0.479 e. The smallest absolute Gasteiger partial charge is 0.266 e. The second-order valence-corrected chi connectivity index (χ2v) is 5.41. The molecule has 122 valence electrons. The van der Waals surface area contributed by atoms with Crippen LogP contribution in [0.15, 0.2) is 59.2 Å². The molecule has 0 radical (unpaired) electrons. The van der Waals surface area contributed by atoms with Gasteiger partial charge in [0.1, 0.15) is 5.75 Å². The van der Waals surface area contributed by atoms with Gasteiger partial charge in [0.25, 0.3) is 5.91 Å². The van der Waals surface area contributed by atoms with E-state index in [0.29, 0.717) is 16.5 Å². The molecule has 1 heterocycles. The van der Waals surface area contributed by atoms with Crippen molar-refractivity contribution < 1.29 is 14.2 Å². The lowest BCUT2D eigenvalue weighted by atomic mass is 10.1. The fourth-order valence-corrected chi connectivity index (χ4v) is 2.24. The van der Waals surface area contributed by atoms with Gasteiger partial charge in [0.2, 0.25) is 5.82 Å². The van der Waals surface area contributed by atoms with Gasteiger partial charge < -0.3 is 10.1 Å². The van der Waals surface area contributed by atoms with Crippen molar-refractivity contribution in [2.75, 3.05) is 5.32 Å². The van der Waals surface area contributed by atoms with Crippen LogP contribution in [0.3, 0.4) is 0 Å². The van der Waals surface area contributed by atoms with Gasteiger partial charge in [-0.25, -0.2) is 4.63 Å². The van der Waals surface area contributed by atoms with Crippen molar-refractivity contribution in [3.05, 3.63) is 59.6 Å². The van der Waals surface area contributed by atoms with E-state index in [2.05, 4.69) is 15.6 Å². The van der Waals surface area contributed by atoms with E-state index < -0.39 is 6.10 Å². The Morgan fingerprint density at radius 1 is 1.12 bits per heavy atom. The SMILES string of the molecule is C[C@H](Oc1ccccc1Cl)C(=O)Nc1nonc1-c1ccccc1. The minimum Gasteiger partial charge on any atom is -0.479 e. The van der Waals surface area contributed by atoms with Crippen LogP contribution in [0.5, 0.6) is 5.75 Å². The lowest BCUT2D eigenvalue weighted by Crippen LogP contribution is -2.30. The van der Waals surface area contributed by atoms with Crippen molar-refractivity contribution in [3.8, 4) is 17.0 Å². The van der Waals surface area contributed by atoms with Gasteiger partial charge >= 0.3 is 0 Å². The van der Waals surface area contributed by atoms with Crippen molar-refractivity contribution in [1.29, 1.82) is 0 Å². The average molecular weight is 344 g/mol. The summed E-state index contributed by atoms with van der Waals surface area (Å²) in [6, 6.07) is 16.2. The highest BCUT2D eigenvalue weighted by Gasteiger charge is 2.20. The summed E-state index contributed by atoms with van der Waals surface area (Å²) in [4.78, 5) is 12.3. The highest BCUT2D eigenvalue weighted by molar-refractivity contribution is 6.32. The molecule has 0 aliphatic rings. The van der Waals surface area contributed by atoms with Gasteiger partial charge in [-0.15, -0.1) is 0 Å². The molecule has 0 bridgehead atoms. The topological polar surface area (TPSA) is 77.2 Å². The van der Waals surface area contributed by atoms with Crippen LogP contribution < -0.4 is 10.1 Å². The maximum Gasteiger partial charge on any atom is 0.266 e. The molecule has 6 nitrogen and oxygen atoms in total. The van der Waals surface area contributed by atoms with E-state index in [1.807, 2.05) is 30.3 Å². The summed E-state index contributed by atoms with van der Waals surface area (Å²) in [5.41, 5.74) is 1.24. The third-order valence-electron chi connectivity index (χ3n) is 3.29. The van der Waals surface area contributed by atoms with Gasteiger partial charge in [-0.3, -0.25) is 4.79 Å². The molecular weight excluding hydrogens is 330 g/mol. The van der Waals surface area contributed by atoms with E-state index >= 15 is 0 Å². The zero-order valence-corrected chi connectivity index (χ0v) is 13.5. The fraction of sp³-hybridized carbons (Fsp3) is 0.118. The Morgan fingerprint density at radius 2 is 1.83 bits per heavy atom. The quantitative estimate of drug-likeness (QED) is 0.762. The van der Waals surface area contributed by atoms with Gasteiger partial charge in [-0.1, -0.05) is 54.1 Å². The minimum absolute atomic E-state index is 0.237. The number of halogens is 1. The molecule has 0 saturated heterocycles. The van der Waals surface area contributed by atoms with Crippen molar-refractivity contribution >= 4 is 23.3 Å². The molecule has 0 spiro atoms. The van der Waals surface area contributed by atoms with E-state index in [4.69, 9.17) is 21.0 Å². The maximum atomic E-state index is 12.3. The van der Waals surface area contributed by atoms with E-state index in [-0.39, 0.29) is 11.7 Å². The van der Waals surface area contributed by atoms with Crippen LogP contribution in [0.4, 0.5) is 5.82 Å². The van der Waals surface area contributed by atoms with Crippen LogP contribution in [0.25, 0.3) is 11.3 Å². The summed E-state index contributed by atoms with van der Waals surface area (Å²) in [6.07, 6.45) is -0.773. The first-order valence-electron chi connectivity index (χ1n) is 7.25. The van der Waals surface area contributed by atoms with Crippen molar-refractivity contribution in [2.45, 2.75) is 13.0 Å². The van der Waals surface area contributed by atoms with Crippen LogP contribution in [0.1, 0.15) is 6.92 Å². The molecule has 3 aromatic rings. The Hall–Kier alpha value is -2.86. The third kappa shape index (κ3) is 3.55. The Labute approximate surface area is 143 Å². The third-order valence-corrected chi connectivity index (χ3v) is 3.60. The van der Waals surface area contributed by atoms with E-state index in [9.17, 15) is 4.79 Å². The average Bonchev–Trinajstić information content (AvgIpc) is 3.05. The summed E-state index contributed by atoms with van der Waals surface area (Å²) >= 11 is 6.03. The zero-order valence-electron chi connectivity index (χ0n) is 12.8. The first-order valence-corrected chi connectivity index (χ1v) is 7.63. The first-order chi connectivity index (χ1) is 11.6. The van der Waals surface area contributed by atoms with E-state index in [1.165, 1.54) is 0 Å². The first kappa shape index (κ1) is 16.0. The minimum atomic E-state index is -0.773. The predicted octanol–water partition coefficient (Wildman–Crippen LogP) is 3.80. The highest BCUT2D eigenvalue weighted by atomic mass is 35.5. The van der Waals surface area contributed by atoms with Crippen molar-refractivity contribution in [2.24, 2.45) is 0 Å². The molecule has 1 amide bonds. The van der Waals surface area contributed by atoms with Crippen LogP contribution in [-0.4, -0.2) is 22.3 Å². The lowest BCUT2D eigenvalue weighted by molar-refractivity contribution is -0.122. The van der Waals surface area contributed by atoms with Gasteiger partial charge in [0, 0.05) is 5.56 Å². The number of rotatable bonds is 5. The number of nitrogens with one attached hydrogen (secondary N) is 1. The van der Waals surface area contributed by atoms with Crippen LogP contribution in [-0.2, 0) is 4.79 Å². The molecule has 1 atom stereocenters. The molecule has 24 heavy (non-hydrogen) atoms. The summed E-state index contributed by atoms with van der Waals surface area (Å²) in [7, 11) is 0. The van der Waals surface area contributed by atoms with Gasteiger partial charge in [-0.2, -0.15) is 0 Å². The number of aromatic nitrogens is 2. The zero-order chi connectivity index (χ0) is 16.9. The number of hydrogen-bond donors (Lipinski definition) is 1. The van der Waals surface area contributed by atoms with Gasteiger partial charge in [0.15, 0.2) is 11.8 Å². The molecule has 0 aliphatic heterocycles. The highest BCUT2D eigenvalue weighted by Crippen LogP contribution is 2.26. The Morgan fingerprint density at radius 3 is 2.58 bits per heavy atom. The molecule has 0 fully saturated rings. The van der Waals surface area contributed by atoms with Crippen LogP contribution >= 0.6 is 11.6 Å². The van der Waals surface area contributed by atoms with Crippen molar-refractivity contribution in [3.63, 3.8) is 0 Å². The predicted molar refractivity (Wildman–Crippen MR) is 89.9 cm³/mol. The summed E-state index contributed by atoms with van der Waals surface area (Å²) in [5, 5.41) is 10.7. The Balaban J connectivity index is 1.72. The molecule has 2 aromatic carbocycles. The number of hydrogen-bond acceptors (Lipinski definition) is 5. The Bertz CT molecular complexity index is 836. The summed E-state index contributed by atoms with van der Waals surface area (Å²) < 4.78 is 10.3. The van der Waals surface area contributed by atoms with Crippen molar-refractivity contribution in [1.82, 2.24) is 10.3 Å². The summed E-state index contributed by atoms with van der Waals surface area (Å²) in [5.74, 6) is 0.284. The molecule has 7 heteroatoms. The number of ether oxygens (including phenoxy) is 1. The second-order valence-electron chi connectivity index (χ2n) is 5.01. The number of carbonyl (C=O) groups excluding carboxylic acids is 1. The molecule has 3 rings (SSSR count). The van der Waals surface area contributed by atoms with Gasteiger partial charge in [-0.05, 0) is 29.4 Å². The molecule has 0 unspecified atom stereocenters.